The Labute approximate surface area is 186 Å². The van der Waals surface area contributed by atoms with Crippen molar-refractivity contribution >= 4 is 34.0 Å². The van der Waals surface area contributed by atoms with Gasteiger partial charge < -0.3 is 15.2 Å². The number of nitrogens with one attached hydrogen (secondary N) is 1. The van der Waals surface area contributed by atoms with Crippen molar-refractivity contribution in [2.24, 2.45) is 4.99 Å². The van der Waals surface area contributed by atoms with Gasteiger partial charge in [-0.1, -0.05) is 42.5 Å². The molecule has 4 aromatic rings. The fourth-order valence-corrected chi connectivity index (χ4v) is 3.58. The van der Waals surface area contributed by atoms with E-state index in [9.17, 15) is 9.90 Å². The number of hydrogen-bond donors (Lipinski definition) is 2. The molecular weight excluding hydrogens is 402 g/mol. The summed E-state index contributed by atoms with van der Waals surface area (Å²) in [6.07, 6.45) is 0. The lowest BCUT2D eigenvalue weighted by atomic mass is 10.00. The fraction of sp³-hybridized carbons (Fsp3) is 0.115. The number of carbonyl (C=O) groups is 1. The predicted molar refractivity (Wildman–Crippen MR) is 129 cm³/mol. The SMILES string of the molecule is CN=C(C)c1ccc(Nc2c(C(=O)O)c(-c3ccccc3)nc3ccc(OC)cc23)cc1. The molecule has 0 unspecified atom stereocenters. The van der Waals surface area contributed by atoms with Crippen LogP contribution in [0.4, 0.5) is 11.4 Å². The smallest absolute Gasteiger partial charge is 0.340 e. The number of aromatic nitrogens is 1. The molecule has 6 nitrogen and oxygen atoms in total. The maximum atomic E-state index is 12.5. The van der Waals surface area contributed by atoms with Crippen LogP contribution in [0, 0.1) is 0 Å². The van der Waals surface area contributed by atoms with E-state index in [1.807, 2.05) is 73.7 Å². The number of methoxy groups -OCH3 is 1. The van der Waals surface area contributed by atoms with Gasteiger partial charge in [-0.05, 0) is 42.8 Å². The van der Waals surface area contributed by atoms with Gasteiger partial charge in [0.25, 0.3) is 0 Å². The largest absolute Gasteiger partial charge is 0.497 e. The van der Waals surface area contributed by atoms with E-state index in [1.54, 1.807) is 20.2 Å². The molecule has 2 N–H and O–H groups in total. The first-order valence-electron chi connectivity index (χ1n) is 10.1. The molecule has 0 bridgehead atoms. The Morgan fingerprint density at radius 3 is 2.38 bits per heavy atom. The van der Waals surface area contributed by atoms with Crippen molar-refractivity contribution in [3.05, 3.63) is 83.9 Å². The van der Waals surface area contributed by atoms with Crippen LogP contribution in [0.1, 0.15) is 22.8 Å². The number of hydrogen-bond acceptors (Lipinski definition) is 5. The molecule has 0 atom stereocenters. The number of ether oxygens (including phenoxy) is 1. The van der Waals surface area contributed by atoms with Gasteiger partial charge in [0.15, 0.2) is 0 Å². The van der Waals surface area contributed by atoms with E-state index in [4.69, 9.17) is 9.72 Å². The second-order valence-electron chi connectivity index (χ2n) is 7.28. The van der Waals surface area contributed by atoms with Crippen LogP contribution < -0.4 is 10.1 Å². The molecule has 0 saturated carbocycles. The molecule has 4 rings (SSSR count). The zero-order chi connectivity index (χ0) is 22.7. The number of anilines is 2. The third-order valence-electron chi connectivity index (χ3n) is 5.36. The number of rotatable bonds is 6. The van der Waals surface area contributed by atoms with Gasteiger partial charge >= 0.3 is 5.97 Å². The zero-order valence-electron chi connectivity index (χ0n) is 18.1. The van der Waals surface area contributed by atoms with Crippen LogP contribution in [-0.4, -0.2) is 35.9 Å². The van der Waals surface area contributed by atoms with Crippen LogP contribution in [0.15, 0.2) is 77.8 Å². The van der Waals surface area contributed by atoms with E-state index in [0.29, 0.717) is 28.0 Å². The predicted octanol–water partition coefficient (Wildman–Crippen LogP) is 5.79. The van der Waals surface area contributed by atoms with Crippen LogP contribution in [0.25, 0.3) is 22.2 Å². The molecule has 0 saturated heterocycles. The molecule has 0 aliphatic heterocycles. The van der Waals surface area contributed by atoms with Crippen molar-refractivity contribution in [1.29, 1.82) is 0 Å². The van der Waals surface area contributed by atoms with E-state index in [1.165, 1.54) is 0 Å². The summed E-state index contributed by atoms with van der Waals surface area (Å²) in [6, 6.07) is 22.5. The minimum absolute atomic E-state index is 0.104. The van der Waals surface area contributed by atoms with Gasteiger partial charge in [0.1, 0.15) is 11.3 Å². The average molecular weight is 425 g/mol. The lowest BCUT2D eigenvalue weighted by Gasteiger charge is -2.17. The topological polar surface area (TPSA) is 83.8 Å². The monoisotopic (exact) mass is 425 g/mol. The maximum absolute atomic E-state index is 12.5. The van der Waals surface area contributed by atoms with E-state index >= 15 is 0 Å². The van der Waals surface area contributed by atoms with E-state index in [2.05, 4.69) is 10.3 Å². The van der Waals surface area contributed by atoms with E-state index in [-0.39, 0.29) is 5.56 Å². The number of carboxylic acids is 1. The Balaban J connectivity index is 1.95. The molecule has 0 spiro atoms. The van der Waals surface area contributed by atoms with Gasteiger partial charge in [0, 0.05) is 29.4 Å². The quantitative estimate of drug-likeness (QED) is 0.382. The molecule has 0 radical (unpaired) electrons. The second kappa shape index (κ2) is 8.89. The number of aliphatic imine (C=N–C) groups is 1. The Bertz CT molecular complexity index is 1310. The summed E-state index contributed by atoms with van der Waals surface area (Å²) >= 11 is 0. The highest BCUT2D eigenvalue weighted by Crippen LogP contribution is 2.37. The van der Waals surface area contributed by atoms with Crippen molar-refractivity contribution in [2.45, 2.75) is 6.92 Å². The third-order valence-corrected chi connectivity index (χ3v) is 5.36. The molecule has 3 aromatic carbocycles. The minimum Gasteiger partial charge on any atom is -0.497 e. The Kier molecular flexibility index (Phi) is 5.85. The third kappa shape index (κ3) is 4.03. The van der Waals surface area contributed by atoms with Crippen molar-refractivity contribution < 1.29 is 14.6 Å². The summed E-state index contributed by atoms with van der Waals surface area (Å²) in [6.45, 7) is 1.94. The number of fused-ring (bicyclic) bond motifs is 1. The van der Waals surface area contributed by atoms with Crippen molar-refractivity contribution in [2.75, 3.05) is 19.5 Å². The maximum Gasteiger partial charge on any atom is 0.340 e. The van der Waals surface area contributed by atoms with Gasteiger partial charge in [-0.15, -0.1) is 0 Å². The number of nitrogens with zero attached hydrogens (tertiary/aromatic N) is 2. The summed E-state index contributed by atoms with van der Waals surface area (Å²) in [7, 11) is 3.33. The van der Waals surface area contributed by atoms with Crippen LogP contribution in [0.5, 0.6) is 5.75 Å². The van der Waals surface area contributed by atoms with Crippen molar-refractivity contribution in [1.82, 2.24) is 4.98 Å². The number of carboxylic acid groups (broad SMARTS) is 1. The number of pyridine rings is 1. The van der Waals surface area contributed by atoms with Gasteiger partial charge in [-0.2, -0.15) is 0 Å². The minimum atomic E-state index is -1.06. The highest BCUT2D eigenvalue weighted by Gasteiger charge is 2.22. The van der Waals surface area contributed by atoms with E-state index < -0.39 is 5.97 Å². The summed E-state index contributed by atoms with van der Waals surface area (Å²) < 4.78 is 5.38. The van der Waals surface area contributed by atoms with Crippen molar-refractivity contribution in [3.8, 4) is 17.0 Å². The summed E-state index contributed by atoms with van der Waals surface area (Å²) in [4.78, 5) is 21.4. The Morgan fingerprint density at radius 2 is 1.75 bits per heavy atom. The molecule has 1 aromatic heterocycles. The fourth-order valence-electron chi connectivity index (χ4n) is 3.58. The van der Waals surface area contributed by atoms with Gasteiger partial charge in [-0.3, -0.25) is 4.99 Å². The Morgan fingerprint density at radius 1 is 1.03 bits per heavy atom. The van der Waals surface area contributed by atoms with Gasteiger partial charge in [0.2, 0.25) is 0 Å². The first kappa shape index (κ1) is 21.1. The Hall–Kier alpha value is -4.19. The van der Waals surface area contributed by atoms with E-state index in [0.717, 1.165) is 22.5 Å². The lowest BCUT2D eigenvalue weighted by Crippen LogP contribution is -2.08. The first-order valence-corrected chi connectivity index (χ1v) is 10.1. The summed E-state index contributed by atoms with van der Waals surface area (Å²) in [5, 5.41) is 14.2. The van der Waals surface area contributed by atoms with Crippen LogP contribution in [0.2, 0.25) is 0 Å². The first-order chi connectivity index (χ1) is 15.5. The molecule has 0 aliphatic carbocycles. The molecule has 0 fully saturated rings. The standard InChI is InChI=1S/C26H23N3O3/c1-16(27-2)17-9-11-19(12-10-17)28-25-21-15-20(32-3)13-14-22(21)29-24(23(25)26(30)31)18-7-5-4-6-8-18/h4-15H,1-3H3,(H,28,29)(H,30,31). The van der Waals surface area contributed by atoms with Crippen LogP contribution in [0.3, 0.4) is 0 Å². The van der Waals surface area contributed by atoms with Crippen LogP contribution in [-0.2, 0) is 0 Å². The zero-order valence-corrected chi connectivity index (χ0v) is 18.1. The number of benzene rings is 3. The molecular formula is C26H23N3O3. The van der Waals surface area contributed by atoms with Gasteiger partial charge in [0.05, 0.1) is 24.0 Å². The highest BCUT2D eigenvalue weighted by molar-refractivity contribution is 6.10. The number of aromatic carboxylic acids is 1. The van der Waals surface area contributed by atoms with Crippen molar-refractivity contribution in [3.63, 3.8) is 0 Å². The molecule has 160 valence electrons. The lowest BCUT2D eigenvalue weighted by molar-refractivity contribution is 0.0698. The molecule has 6 heteroatoms. The summed E-state index contributed by atoms with van der Waals surface area (Å²) in [5.74, 6) is -0.439. The molecule has 0 aliphatic rings. The molecule has 1 heterocycles. The molecule has 32 heavy (non-hydrogen) atoms. The summed E-state index contributed by atoms with van der Waals surface area (Å²) in [5.41, 5.74) is 5.06. The average Bonchev–Trinajstić information content (AvgIpc) is 2.83. The second-order valence-corrected chi connectivity index (χ2v) is 7.28. The van der Waals surface area contributed by atoms with Gasteiger partial charge in [-0.25, -0.2) is 9.78 Å². The molecule has 0 amide bonds. The normalized spacial score (nSPS) is 11.4. The highest BCUT2D eigenvalue weighted by atomic mass is 16.5. The van der Waals surface area contributed by atoms with Crippen LogP contribution >= 0.6 is 0 Å².